The van der Waals surface area contributed by atoms with Gasteiger partial charge >= 0.3 is 11.9 Å². The third-order valence-corrected chi connectivity index (χ3v) is 14.3. The summed E-state index contributed by atoms with van der Waals surface area (Å²) in [5.74, 6) is -0.0675. The van der Waals surface area contributed by atoms with Crippen LogP contribution in [0.5, 0.6) is 0 Å². The second kappa shape index (κ2) is 8.72. The first-order valence-electron chi connectivity index (χ1n) is 16.2. The number of hydrogen-bond acceptors (Lipinski definition) is 7. The van der Waals surface area contributed by atoms with Gasteiger partial charge in [-0.3, -0.25) is 9.59 Å². The maximum absolute atomic E-state index is 12.6. The molecular weight excluding hydrogens is 520 g/mol. The summed E-state index contributed by atoms with van der Waals surface area (Å²) < 4.78 is 18.8. The number of fused-ring (bicyclic) bond motifs is 2. The van der Waals surface area contributed by atoms with E-state index in [1.165, 1.54) is 13.8 Å². The van der Waals surface area contributed by atoms with Crippen molar-refractivity contribution in [3.8, 4) is 0 Å². The number of carbonyl (C=O) groups excluding carboxylic acids is 2. The first-order valence-corrected chi connectivity index (χ1v) is 16.2. The Kier molecular flexibility index (Phi) is 6.35. The van der Waals surface area contributed by atoms with E-state index in [4.69, 9.17) is 14.2 Å². The van der Waals surface area contributed by atoms with Gasteiger partial charge in [-0.1, -0.05) is 27.7 Å². The molecule has 0 radical (unpaired) electrons. The third kappa shape index (κ3) is 3.79. The van der Waals surface area contributed by atoms with Crippen molar-refractivity contribution in [1.29, 1.82) is 0 Å². The van der Waals surface area contributed by atoms with E-state index in [2.05, 4.69) is 34.6 Å². The van der Waals surface area contributed by atoms with E-state index >= 15 is 0 Å². The highest BCUT2D eigenvalue weighted by Gasteiger charge is 2.85. The predicted octanol–water partition coefficient (Wildman–Crippen LogP) is 5.58. The summed E-state index contributed by atoms with van der Waals surface area (Å²) in [6.45, 7) is 18.1. The van der Waals surface area contributed by atoms with Crippen LogP contribution in [0.1, 0.15) is 120 Å². The molecule has 7 heteroatoms. The molecule has 2 N–H and O–H groups in total. The number of carbonyl (C=O) groups is 2. The van der Waals surface area contributed by atoms with Gasteiger partial charge in [0.25, 0.3) is 0 Å². The second-order valence-electron chi connectivity index (χ2n) is 17.1. The van der Waals surface area contributed by atoms with Crippen LogP contribution in [0.25, 0.3) is 0 Å². The Morgan fingerprint density at radius 1 is 0.854 bits per heavy atom. The monoisotopic (exact) mass is 574 g/mol. The molecule has 6 rings (SSSR count). The Balaban J connectivity index is 1.38. The molecule has 0 unspecified atom stereocenters. The standard InChI is InChI=1S/C34H54O7/c1-19(35)39-22-16-23-31(8)17-21(37)26(32(9)12-10-25(41-32)29(5,6)38)30(31,7)14-15-33(23)18-34(33)13-11-24(40-20(2)36)28(3,4)27(22)34/h21-27,37-38H,10-18H2,1-9H3/t21-,22-,23-,24-,25-,26-,27+,30+,31-,32+,33-,34+/m0/s1. The molecule has 0 aromatic heterocycles. The average molecular weight is 575 g/mol. The second-order valence-corrected chi connectivity index (χ2v) is 17.1. The van der Waals surface area contributed by atoms with E-state index in [1.807, 2.05) is 13.8 Å². The zero-order chi connectivity index (χ0) is 30.2. The molecule has 5 saturated carbocycles. The van der Waals surface area contributed by atoms with Gasteiger partial charge in [0.05, 0.1) is 23.4 Å². The van der Waals surface area contributed by atoms with Gasteiger partial charge in [0, 0.05) is 31.1 Å². The van der Waals surface area contributed by atoms with Crippen LogP contribution >= 0.6 is 0 Å². The zero-order valence-corrected chi connectivity index (χ0v) is 26.8. The molecule has 41 heavy (non-hydrogen) atoms. The Bertz CT molecular complexity index is 1130. The highest BCUT2D eigenvalue weighted by atomic mass is 16.6. The van der Waals surface area contributed by atoms with Crippen molar-refractivity contribution >= 4 is 11.9 Å². The SMILES string of the molecule is CC(=O)O[C@H]1C[C@@H]2[C@]3(CC[C@]4(C)[C@@H]([C@@]5(C)CC[C@@H](C(C)(C)O)O5)[C@@H](O)C[C@@]24C)C[C@@]32CC[C@H](OC(C)=O)C(C)(C)[C@@H]12. The fraction of sp³-hybridized carbons (Fsp3) is 0.941. The molecule has 0 bridgehead atoms. The molecule has 2 spiro atoms. The van der Waals surface area contributed by atoms with Gasteiger partial charge in [-0.2, -0.15) is 0 Å². The minimum absolute atomic E-state index is 0.0274. The van der Waals surface area contributed by atoms with Gasteiger partial charge in [0.15, 0.2) is 0 Å². The van der Waals surface area contributed by atoms with Crippen LogP contribution in [0.2, 0.25) is 0 Å². The van der Waals surface area contributed by atoms with Crippen LogP contribution in [0, 0.1) is 44.8 Å². The smallest absolute Gasteiger partial charge is 0.302 e. The topological polar surface area (TPSA) is 102 Å². The molecule has 12 atom stereocenters. The molecule has 7 nitrogen and oxygen atoms in total. The van der Waals surface area contributed by atoms with Crippen molar-refractivity contribution in [2.45, 2.75) is 156 Å². The van der Waals surface area contributed by atoms with Crippen molar-refractivity contribution in [2.75, 3.05) is 0 Å². The van der Waals surface area contributed by atoms with Crippen LogP contribution in [0.4, 0.5) is 0 Å². The molecule has 0 aromatic carbocycles. The molecular formula is C34H54O7. The van der Waals surface area contributed by atoms with E-state index in [0.29, 0.717) is 5.92 Å². The number of aliphatic hydroxyl groups excluding tert-OH is 1. The van der Waals surface area contributed by atoms with Gasteiger partial charge in [0.2, 0.25) is 0 Å². The molecule has 5 aliphatic carbocycles. The lowest BCUT2D eigenvalue weighted by Gasteiger charge is -2.64. The Morgan fingerprint density at radius 2 is 1.51 bits per heavy atom. The van der Waals surface area contributed by atoms with Crippen molar-refractivity contribution in [2.24, 2.45) is 44.8 Å². The summed E-state index contributed by atoms with van der Waals surface area (Å²) in [7, 11) is 0. The van der Waals surface area contributed by atoms with Crippen molar-refractivity contribution in [1.82, 2.24) is 0 Å². The summed E-state index contributed by atoms with van der Waals surface area (Å²) in [5.41, 5.74) is -1.80. The van der Waals surface area contributed by atoms with Crippen LogP contribution < -0.4 is 0 Å². The maximum atomic E-state index is 12.6. The number of aliphatic hydroxyl groups is 2. The largest absolute Gasteiger partial charge is 0.462 e. The van der Waals surface area contributed by atoms with E-state index in [0.717, 1.165) is 57.8 Å². The van der Waals surface area contributed by atoms with Gasteiger partial charge in [0.1, 0.15) is 12.2 Å². The predicted molar refractivity (Wildman–Crippen MR) is 154 cm³/mol. The molecule has 1 heterocycles. The summed E-state index contributed by atoms with van der Waals surface area (Å²) in [4.78, 5) is 24.6. The molecule has 6 aliphatic rings. The lowest BCUT2D eigenvalue weighted by Crippen LogP contribution is -2.63. The van der Waals surface area contributed by atoms with Crippen LogP contribution in [-0.2, 0) is 23.8 Å². The van der Waals surface area contributed by atoms with E-state index in [9.17, 15) is 19.8 Å². The molecule has 0 amide bonds. The van der Waals surface area contributed by atoms with Gasteiger partial charge in [-0.25, -0.2) is 0 Å². The molecule has 232 valence electrons. The van der Waals surface area contributed by atoms with Crippen molar-refractivity contribution in [3.05, 3.63) is 0 Å². The molecule has 1 saturated heterocycles. The number of esters is 2. The fourth-order valence-electron chi connectivity index (χ4n) is 12.8. The Labute approximate surface area is 246 Å². The minimum atomic E-state index is -0.921. The van der Waals surface area contributed by atoms with E-state index in [-0.39, 0.29) is 69.2 Å². The minimum Gasteiger partial charge on any atom is -0.462 e. The van der Waals surface area contributed by atoms with Gasteiger partial charge in [-0.15, -0.1) is 0 Å². The Morgan fingerprint density at radius 3 is 2.10 bits per heavy atom. The molecule has 1 aliphatic heterocycles. The summed E-state index contributed by atoms with van der Waals surface area (Å²) in [6, 6.07) is 0. The van der Waals surface area contributed by atoms with Gasteiger partial charge in [-0.05, 0) is 106 Å². The summed E-state index contributed by atoms with van der Waals surface area (Å²) >= 11 is 0. The maximum Gasteiger partial charge on any atom is 0.302 e. The zero-order valence-electron chi connectivity index (χ0n) is 26.8. The van der Waals surface area contributed by atoms with Crippen molar-refractivity contribution in [3.63, 3.8) is 0 Å². The number of ether oxygens (including phenoxy) is 3. The molecule has 0 aromatic rings. The quantitative estimate of drug-likeness (QED) is 0.423. The van der Waals surface area contributed by atoms with Crippen LogP contribution in [0.3, 0.4) is 0 Å². The normalized spacial score (nSPS) is 53.4. The highest BCUT2D eigenvalue weighted by molar-refractivity contribution is 5.67. The third-order valence-electron chi connectivity index (χ3n) is 14.3. The highest BCUT2D eigenvalue weighted by Crippen LogP contribution is 2.89. The summed E-state index contributed by atoms with van der Waals surface area (Å²) in [6.07, 6.45) is 7.08. The fourth-order valence-corrected chi connectivity index (χ4v) is 12.8. The summed E-state index contributed by atoms with van der Waals surface area (Å²) in [5, 5.41) is 22.7. The average Bonchev–Trinajstić information content (AvgIpc) is 3.18. The Hall–Kier alpha value is -1.18. The van der Waals surface area contributed by atoms with Crippen LogP contribution in [-0.4, -0.2) is 57.8 Å². The van der Waals surface area contributed by atoms with E-state index in [1.54, 1.807) is 0 Å². The van der Waals surface area contributed by atoms with Crippen LogP contribution in [0.15, 0.2) is 0 Å². The van der Waals surface area contributed by atoms with Gasteiger partial charge < -0.3 is 24.4 Å². The number of rotatable bonds is 4. The first kappa shape index (κ1) is 29.9. The van der Waals surface area contributed by atoms with E-state index < -0.39 is 17.3 Å². The first-order chi connectivity index (χ1) is 18.8. The van der Waals surface area contributed by atoms with Crippen molar-refractivity contribution < 1.29 is 34.0 Å². The molecule has 6 fully saturated rings. The number of hydrogen-bond donors (Lipinski definition) is 2. The lowest BCUT2D eigenvalue weighted by molar-refractivity contribution is -0.224. The lowest BCUT2D eigenvalue weighted by atomic mass is 9.41.